The summed E-state index contributed by atoms with van der Waals surface area (Å²) in [7, 11) is -2.33. The van der Waals surface area contributed by atoms with E-state index in [-0.39, 0.29) is 21.6 Å². The lowest BCUT2D eigenvalue weighted by Gasteiger charge is -2.18. The van der Waals surface area contributed by atoms with Gasteiger partial charge in [-0.1, -0.05) is 13.8 Å². The number of ether oxygens (including phenoxy) is 2. The second kappa shape index (κ2) is 8.81. The third kappa shape index (κ3) is 4.25. The molecule has 1 aliphatic rings. The molecule has 3 rings (SSSR count). The van der Waals surface area contributed by atoms with Crippen molar-refractivity contribution in [3.63, 3.8) is 0 Å². The van der Waals surface area contributed by atoms with Gasteiger partial charge in [-0.25, -0.2) is 8.42 Å². The molecular weight excluding hydrogens is 404 g/mol. The lowest BCUT2D eigenvalue weighted by atomic mass is 10.2. The van der Waals surface area contributed by atoms with Crippen molar-refractivity contribution < 1.29 is 22.7 Å². The standard InChI is InChI=1S/C22H30N2O5S/c1-14(2)13-24-16(4)15(3)20(21(24)23-22(25)19-7-6-12-29-19)30(26,27)18-10-8-17(28-5)9-11-18/h8-11,14,19H,6-7,12-13H2,1-5H3,(H,23,25)/t19-/m1/s1. The zero-order valence-corrected chi connectivity index (χ0v) is 19.0. The quantitative estimate of drug-likeness (QED) is 0.718. The molecule has 2 aromatic rings. The predicted octanol–water partition coefficient (Wildman–Crippen LogP) is 3.72. The minimum atomic E-state index is -3.86. The number of hydrogen-bond donors (Lipinski definition) is 1. The Balaban J connectivity index is 2.12. The summed E-state index contributed by atoms with van der Waals surface area (Å²) < 4.78 is 39.7. The number of anilines is 1. The lowest BCUT2D eigenvalue weighted by Crippen LogP contribution is -2.29. The second-order valence-corrected chi connectivity index (χ2v) is 9.95. The van der Waals surface area contributed by atoms with Crippen molar-refractivity contribution >= 4 is 21.6 Å². The van der Waals surface area contributed by atoms with E-state index in [1.54, 1.807) is 19.1 Å². The minimum absolute atomic E-state index is 0.136. The zero-order valence-electron chi connectivity index (χ0n) is 18.2. The molecule has 1 fully saturated rings. The van der Waals surface area contributed by atoms with Crippen LogP contribution in [0.2, 0.25) is 0 Å². The molecule has 30 heavy (non-hydrogen) atoms. The molecule has 2 heterocycles. The Morgan fingerprint density at radius 3 is 2.47 bits per heavy atom. The van der Waals surface area contributed by atoms with E-state index in [9.17, 15) is 13.2 Å². The van der Waals surface area contributed by atoms with E-state index in [0.717, 1.165) is 12.1 Å². The number of methoxy groups -OCH3 is 1. The molecule has 164 valence electrons. The summed E-state index contributed by atoms with van der Waals surface area (Å²) in [5.74, 6) is 0.854. The molecule has 1 atom stereocenters. The summed E-state index contributed by atoms with van der Waals surface area (Å²) in [6.45, 7) is 8.90. The van der Waals surface area contributed by atoms with Crippen molar-refractivity contribution in [2.45, 2.75) is 63.0 Å². The van der Waals surface area contributed by atoms with Crippen LogP contribution in [0.4, 0.5) is 5.82 Å². The van der Waals surface area contributed by atoms with Gasteiger partial charge < -0.3 is 19.4 Å². The summed E-state index contributed by atoms with van der Waals surface area (Å²) in [5, 5.41) is 2.88. The Labute approximate surface area is 178 Å². The molecule has 1 aromatic heterocycles. The van der Waals surface area contributed by atoms with Crippen LogP contribution in [0.1, 0.15) is 37.9 Å². The molecule has 1 aliphatic heterocycles. The first-order chi connectivity index (χ1) is 14.2. The highest BCUT2D eigenvalue weighted by Gasteiger charge is 2.33. The molecule has 1 aromatic carbocycles. The van der Waals surface area contributed by atoms with Crippen molar-refractivity contribution in [3.8, 4) is 5.75 Å². The number of benzene rings is 1. The van der Waals surface area contributed by atoms with Gasteiger partial charge in [0.05, 0.1) is 12.0 Å². The molecule has 7 nitrogen and oxygen atoms in total. The number of aromatic nitrogens is 1. The number of carbonyl (C=O) groups is 1. The SMILES string of the molecule is COc1ccc(S(=O)(=O)c2c(C)c(C)n(CC(C)C)c2NC(=O)[C@H]2CCCO2)cc1. The van der Waals surface area contributed by atoms with Gasteiger partial charge in [0.2, 0.25) is 9.84 Å². The van der Waals surface area contributed by atoms with Crippen LogP contribution in [-0.4, -0.2) is 38.7 Å². The van der Waals surface area contributed by atoms with E-state index in [1.807, 2.05) is 11.5 Å². The Hall–Kier alpha value is -2.32. The highest BCUT2D eigenvalue weighted by molar-refractivity contribution is 7.91. The molecule has 0 unspecified atom stereocenters. The molecular formula is C22H30N2O5S. The van der Waals surface area contributed by atoms with Crippen molar-refractivity contribution in [3.05, 3.63) is 35.5 Å². The number of rotatable bonds is 7. The van der Waals surface area contributed by atoms with E-state index in [2.05, 4.69) is 19.2 Å². The average Bonchev–Trinajstić information content (AvgIpc) is 3.32. The van der Waals surface area contributed by atoms with E-state index in [4.69, 9.17) is 9.47 Å². The molecule has 0 saturated carbocycles. The smallest absolute Gasteiger partial charge is 0.254 e. The van der Waals surface area contributed by atoms with Gasteiger partial charge in [0.15, 0.2) is 0 Å². The number of carbonyl (C=O) groups excluding carboxylic acids is 1. The number of amides is 1. The van der Waals surface area contributed by atoms with Gasteiger partial charge in [-0.05, 0) is 62.4 Å². The average molecular weight is 435 g/mol. The molecule has 1 N–H and O–H groups in total. The van der Waals surface area contributed by atoms with Gasteiger partial charge >= 0.3 is 0 Å². The van der Waals surface area contributed by atoms with Crippen molar-refractivity contribution in [2.75, 3.05) is 19.0 Å². The molecule has 8 heteroatoms. The highest BCUT2D eigenvalue weighted by Crippen LogP contribution is 2.36. The molecule has 1 saturated heterocycles. The Bertz CT molecular complexity index is 1020. The maximum atomic E-state index is 13.6. The minimum Gasteiger partial charge on any atom is -0.497 e. The number of hydrogen-bond acceptors (Lipinski definition) is 5. The summed E-state index contributed by atoms with van der Waals surface area (Å²) in [6.07, 6.45) is 0.902. The normalized spacial score (nSPS) is 16.8. The lowest BCUT2D eigenvalue weighted by molar-refractivity contribution is -0.124. The first-order valence-corrected chi connectivity index (χ1v) is 11.7. The Morgan fingerprint density at radius 1 is 1.27 bits per heavy atom. The maximum absolute atomic E-state index is 13.6. The van der Waals surface area contributed by atoms with Crippen molar-refractivity contribution in [1.29, 1.82) is 0 Å². The second-order valence-electron chi connectivity index (χ2n) is 8.06. The first-order valence-electron chi connectivity index (χ1n) is 10.2. The molecule has 1 amide bonds. The van der Waals surface area contributed by atoms with Crippen LogP contribution in [0.3, 0.4) is 0 Å². The van der Waals surface area contributed by atoms with Crippen LogP contribution in [0.5, 0.6) is 5.75 Å². The van der Waals surface area contributed by atoms with E-state index >= 15 is 0 Å². The number of nitrogens with one attached hydrogen (secondary N) is 1. The largest absolute Gasteiger partial charge is 0.497 e. The molecule has 0 bridgehead atoms. The van der Waals surface area contributed by atoms with Crippen LogP contribution >= 0.6 is 0 Å². The maximum Gasteiger partial charge on any atom is 0.254 e. The van der Waals surface area contributed by atoms with Crippen LogP contribution < -0.4 is 10.1 Å². The third-order valence-corrected chi connectivity index (χ3v) is 7.35. The fourth-order valence-electron chi connectivity index (χ4n) is 3.74. The van der Waals surface area contributed by atoms with Gasteiger partial charge in [0.1, 0.15) is 22.6 Å². The van der Waals surface area contributed by atoms with E-state index in [0.29, 0.717) is 36.7 Å². The summed E-state index contributed by atoms with van der Waals surface area (Å²) in [4.78, 5) is 13.1. The Kier molecular flexibility index (Phi) is 6.57. The Morgan fingerprint density at radius 2 is 1.93 bits per heavy atom. The summed E-state index contributed by atoms with van der Waals surface area (Å²) in [5.41, 5.74) is 1.45. The van der Waals surface area contributed by atoms with Crippen LogP contribution in [0.15, 0.2) is 34.1 Å². The molecule has 0 aliphatic carbocycles. The first kappa shape index (κ1) is 22.4. The van der Waals surface area contributed by atoms with Crippen LogP contribution in [-0.2, 0) is 25.9 Å². The van der Waals surface area contributed by atoms with E-state index in [1.165, 1.54) is 19.2 Å². The highest BCUT2D eigenvalue weighted by atomic mass is 32.2. The number of sulfone groups is 1. The summed E-state index contributed by atoms with van der Waals surface area (Å²) >= 11 is 0. The fourth-order valence-corrected chi connectivity index (χ4v) is 5.43. The van der Waals surface area contributed by atoms with Gasteiger partial charge in [-0.3, -0.25) is 4.79 Å². The van der Waals surface area contributed by atoms with Crippen molar-refractivity contribution in [2.24, 2.45) is 5.92 Å². The van der Waals surface area contributed by atoms with E-state index < -0.39 is 15.9 Å². The topological polar surface area (TPSA) is 86.6 Å². The van der Waals surface area contributed by atoms with Crippen LogP contribution in [0, 0.1) is 19.8 Å². The monoisotopic (exact) mass is 434 g/mol. The number of nitrogens with zero attached hydrogens (tertiary/aromatic N) is 1. The third-order valence-electron chi connectivity index (χ3n) is 5.42. The zero-order chi connectivity index (χ0) is 22.1. The molecule has 0 radical (unpaired) electrons. The van der Waals surface area contributed by atoms with Crippen molar-refractivity contribution in [1.82, 2.24) is 4.57 Å². The van der Waals surface area contributed by atoms with Crippen LogP contribution in [0.25, 0.3) is 0 Å². The fraction of sp³-hybridized carbons (Fsp3) is 0.500. The van der Waals surface area contributed by atoms with Gasteiger partial charge in [-0.15, -0.1) is 0 Å². The molecule has 0 spiro atoms. The van der Waals surface area contributed by atoms with Gasteiger partial charge in [0, 0.05) is 18.8 Å². The predicted molar refractivity (Wildman–Crippen MR) is 115 cm³/mol. The summed E-state index contributed by atoms with van der Waals surface area (Å²) in [6, 6.07) is 6.28. The van der Waals surface area contributed by atoms with Gasteiger partial charge in [0.25, 0.3) is 5.91 Å². The van der Waals surface area contributed by atoms with Gasteiger partial charge in [-0.2, -0.15) is 0 Å².